The molecule has 0 heterocycles. The fourth-order valence-corrected chi connectivity index (χ4v) is 4.46. The summed E-state index contributed by atoms with van der Waals surface area (Å²) in [5, 5.41) is 24.2. The van der Waals surface area contributed by atoms with Crippen LogP contribution in [0.3, 0.4) is 0 Å². The van der Waals surface area contributed by atoms with Gasteiger partial charge < -0.3 is 0 Å². The van der Waals surface area contributed by atoms with E-state index in [0.717, 1.165) is 43.8 Å². The van der Waals surface area contributed by atoms with Gasteiger partial charge in [-0.2, -0.15) is 10.5 Å². The summed E-state index contributed by atoms with van der Waals surface area (Å²) in [6, 6.07) is 40.7. The lowest BCUT2D eigenvalue weighted by Gasteiger charge is -2.16. The number of hydrogen-bond donors (Lipinski definition) is 0. The lowest BCUT2D eigenvalue weighted by atomic mass is 9.85. The molecular formula is C32H20N2. The molecule has 0 aliphatic heterocycles. The minimum absolute atomic E-state index is 0.593. The van der Waals surface area contributed by atoms with Crippen molar-refractivity contribution in [2.75, 3.05) is 0 Å². The van der Waals surface area contributed by atoms with E-state index in [0.29, 0.717) is 11.1 Å². The van der Waals surface area contributed by atoms with Gasteiger partial charge in [-0.15, -0.1) is 0 Å². The van der Waals surface area contributed by atoms with Crippen LogP contribution < -0.4 is 0 Å². The standard InChI is InChI=1S/C32H20N2/c33-21-25(19-23-11-3-1-4-12-23)31-27-15-7-9-17-29(27)32(30-18-10-8-16-28(30)31)26(22-34)20-24-13-5-2-6-14-24/h1-20H. The third-order valence-corrected chi connectivity index (χ3v) is 5.93. The van der Waals surface area contributed by atoms with E-state index in [1.807, 2.05) is 121 Å². The Morgan fingerprint density at radius 3 is 1.03 bits per heavy atom. The van der Waals surface area contributed by atoms with Gasteiger partial charge in [0.1, 0.15) is 0 Å². The topological polar surface area (TPSA) is 47.6 Å². The summed E-state index contributed by atoms with van der Waals surface area (Å²) in [7, 11) is 0. The zero-order valence-electron chi connectivity index (χ0n) is 18.4. The van der Waals surface area contributed by atoms with Crippen molar-refractivity contribution in [3.63, 3.8) is 0 Å². The first-order valence-electron chi connectivity index (χ1n) is 11.1. The highest BCUT2D eigenvalue weighted by Gasteiger charge is 2.18. The number of nitrogens with zero attached hydrogens (tertiary/aromatic N) is 2. The van der Waals surface area contributed by atoms with Gasteiger partial charge >= 0.3 is 0 Å². The third-order valence-electron chi connectivity index (χ3n) is 5.93. The van der Waals surface area contributed by atoms with Crippen molar-refractivity contribution in [2.45, 2.75) is 0 Å². The molecule has 0 saturated carbocycles. The van der Waals surface area contributed by atoms with Gasteiger partial charge in [0, 0.05) is 11.1 Å². The summed E-state index contributed by atoms with van der Waals surface area (Å²) in [6.07, 6.45) is 3.86. The van der Waals surface area contributed by atoms with Crippen LogP contribution in [0.25, 0.3) is 44.8 Å². The Morgan fingerprint density at radius 2 is 0.735 bits per heavy atom. The second kappa shape index (κ2) is 9.29. The Labute approximate surface area is 199 Å². The molecule has 5 aromatic rings. The van der Waals surface area contributed by atoms with Gasteiger partial charge in [-0.1, -0.05) is 109 Å². The quantitative estimate of drug-likeness (QED) is 0.163. The largest absolute Gasteiger partial charge is 0.192 e. The van der Waals surface area contributed by atoms with Crippen molar-refractivity contribution < 1.29 is 0 Å². The fraction of sp³-hybridized carbons (Fsp3) is 0. The second-order valence-electron chi connectivity index (χ2n) is 8.00. The van der Waals surface area contributed by atoms with E-state index in [1.54, 1.807) is 0 Å². The van der Waals surface area contributed by atoms with Gasteiger partial charge in [-0.25, -0.2) is 0 Å². The van der Waals surface area contributed by atoms with Crippen molar-refractivity contribution in [2.24, 2.45) is 0 Å². The van der Waals surface area contributed by atoms with Gasteiger partial charge in [0.15, 0.2) is 0 Å². The van der Waals surface area contributed by atoms with E-state index in [2.05, 4.69) is 12.1 Å². The number of fused-ring (bicyclic) bond motifs is 2. The molecule has 5 aromatic carbocycles. The molecule has 0 radical (unpaired) electrons. The summed E-state index contributed by atoms with van der Waals surface area (Å²) < 4.78 is 0. The summed E-state index contributed by atoms with van der Waals surface area (Å²) in [5.41, 5.74) is 4.90. The summed E-state index contributed by atoms with van der Waals surface area (Å²) >= 11 is 0. The predicted octanol–water partition coefficient (Wildman–Crippen LogP) is 8.12. The van der Waals surface area contributed by atoms with Crippen molar-refractivity contribution in [1.29, 1.82) is 10.5 Å². The van der Waals surface area contributed by atoms with E-state index >= 15 is 0 Å². The van der Waals surface area contributed by atoms with Crippen molar-refractivity contribution in [1.82, 2.24) is 0 Å². The van der Waals surface area contributed by atoms with Crippen LogP contribution in [0.5, 0.6) is 0 Å². The molecule has 0 amide bonds. The Hall–Kier alpha value is -4.92. The molecule has 2 nitrogen and oxygen atoms in total. The van der Waals surface area contributed by atoms with Crippen LogP contribution >= 0.6 is 0 Å². The highest BCUT2D eigenvalue weighted by atomic mass is 14.3. The normalized spacial score (nSPS) is 11.8. The van der Waals surface area contributed by atoms with Crippen molar-refractivity contribution in [3.8, 4) is 12.1 Å². The maximum absolute atomic E-state index is 10.2. The zero-order chi connectivity index (χ0) is 23.3. The van der Waals surface area contributed by atoms with E-state index in [-0.39, 0.29) is 0 Å². The molecular weight excluding hydrogens is 412 g/mol. The molecule has 0 spiro atoms. The molecule has 158 valence electrons. The monoisotopic (exact) mass is 432 g/mol. The van der Waals surface area contributed by atoms with Gasteiger partial charge in [-0.05, 0) is 44.8 Å². The SMILES string of the molecule is N#CC(=Cc1ccccc1)c1c2ccccc2c(C(C#N)=Cc2ccccc2)c2ccccc12. The first-order valence-corrected chi connectivity index (χ1v) is 11.1. The van der Waals surface area contributed by atoms with E-state index in [9.17, 15) is 10.5 Å². The zero-order valence-corrected chi connectivity index (χ0v) is 18.4. The van der Waals surface area contributed by atoms with E-state index in [4.69, 9.17) is 0 Å². The maximum Gasteiger partial charge on any atom is 0.0998 e. The average Bonchev–Trinajstić information content (AvgIpc) is 2.90. The highest BCUT2D eigenvalue weighted by Crippen LogP contribution is 2.40. The molecule has 0 aliphatic carbocycles. The van der Waals surface area contributed by atoms with Crippen LogP contribution in [-0.4, -0.2) is 0 Å². The van der Waals surface area contributed by atoms with E-state index < -0.39 is 0 Å². The third kappa shape index (κ3) is 3.86. The number of allylic oxidation sites excluding steroid dienone is 2. The van der Waals surface area contributed by atoms with Gasteiger partial charge in [-0.3, -0.25) is 0 Å². The van der Waals surface area contributed by atoms with Crippen molar-refractivity contribution in [3.05, 3.63) is 131 Å². The summed E-state index contributed by atoms with van der Waals surface area (Å²) in [4.78, 5) is 0. The van der Waals surface area contributed by atoms with Crippen LogP contribution in [0.1, 0.15) is 22.3 Å². The molecule has 0 unspecified atom stereocenters. The number of rotatable bonds is 4. The molecule has 2 heteroatoms. The van der Waals surface area contributed by atoms with Crippen LogP contribution in [0.2, 0.25) is 0 Å². The van der Waals surface area contributed by atoms with Crippen LogP contribution in [-0.2, 0) is 0 Å². The first-order chi connectivity index (χ1) is 16.8. The van der Waals surface area contributed by atoms with Gasteiger partial charge in [0.05, 0.1) is 23.3 Å². The molecule has 0 fully saturated rings. The van der Waals surface area contributed by atoms with Crippen LogP contribution in [0.15, 0.2) is 109 Å². The molecule has 0 aromatic heterocycles. The Morgan fingerprint density at radius 1 is 0.441 bits per heavy atom. The number of nitriles is 2. The molecule has 34 heavy (non-hydrogen) atoms. The molecule has 0 atom stereocenters. The van der Waals surface area contributed by atoms with Crippen LogP contribution in [0, 0.1) is 22.7 Å². The van der Waals surface area contributed by atoms with Crippen molar-refractivity contribution >= 4 is 44.8 Å². The number of benzene rings is 5. The molecule has 0 N–H and O–H groups in total. The highest BCUT2D eigenvalue weighted by molar-refractivity contribution is 6.20. The number of hydrogen-bond acceptors (Lipinski definition) is 2. The van der Waals surface area contributed by atoms with Crippen LogP contribution in [0.4, 0.5) is 0 Å². The predicted molar refractivity (Wildman–Crippen MR) is 141 cm³/mol. The molecule has 0 aliphatic rings. The summed E-state index contributed by atoms with van der Waals surface area (Å²) in [5.74, 6) is 0. The second-order valence-corrected chi connectivity index (χ2v) is 8.00. The fourth-order valence-electron chi connectivity index (χ4n) is 4.46. The Kier molecular flexibility index (Phi) is 5.73. The smallest absolute Gasteiger partial charge is 0.0998 e. The summed E-state index contributed by atoms with van der Waals surface area (Å²) in [6.45, 7) is 0. The minimum Gasteiger partial charge on any atom is -0.192 e. The van der Waals surface area contributed by atoms with Gasteiger partial charge in [0.2, 0.25) is 0 Å². The van der Waals surface area contributed by atoms with E-state index in [1.165, 1.54) is 0 Å². The molecule has 0 bridgehead atoms. The molecule has 0 saturated heterocycles. The molecule has 5 rings (SSSR count). The van der Waals surface area contributed by atoms with Gasteiger partial charge in [0.25, 0.3) is 0 Å². The lowest BCUT2D eigenvalue weighted by Crippen LogP contribution is -1.95. The first kappa shape index (κ1) is 21.0. The Bertz CT molecular complexity index is 1460. The lowest BCUT2D eigenvalue weighted by molar-refractivity contribution is 1.53. The average molecular weight is 433 g/mol. The maximum atomic E-state index is 10.2. The minimum atomic E-state index is 0.593. The Balaban J connectivity index is 1.88.